The number of aliphatic hydroxyl groups is 1. The number of aliphatic hydroxyl groups excluding tert-OH is 1. The zero-order chi connectivity index (χ0) is 27.5. The van der Waals surface area contributed by atoms with Crippen LogP contribution in [-0.4, -0.2) is 52.8 Å². The van der Waals surface area contributed by atoms with E-state index in [1.807, 2.05) is 6.07 Å². The second-order valence-electron chi connectivity index (χ2n) is 11.8. The molecule has 2 aromatic carbocycles. The highest BCUT2D eigenvalue weighted by molar-refractivity contribution is 7.92. The summed E-state index contributed by atoms with van der Waals surface area (Å²) in [7, 11) is -7.42. The zero-order valence-electron chi connectivity index (χ0n) is 21.9. The summed E-state index contributed by atoms with van der Waals surface area (Å²) < 4.78 is 55.8. The minimum atomic E-state index is -3.72. The predicted molar refractivity (Wildman–Crippen MR) is 149 cm³/mol. The number of nitrogens with one attached hydrogen (secondary N) is 2. The van der Waals surface area contributed by atoms with Gasteiger partial charge in [0, 0.05) is 34.9 Å². The Morgan fingerprint density at radius 3 is 2.33 bits per heavy atom. The van der Waals surface area contributed by atoms with Crippen LogP contribution in [0.4, 0.5) is 11.4 Å². The van der Waals surface area contributed by atoms with Crippen LogP contribution in [-0.2, 0) is 25.5 Å². The van der Waals surface area contributed by atoms with Crippen LogP contribution in [0.15, 0.2) is 47.4 Å². The van der Waals surface area contributed by atoms with E-state index in [0.717, 1.165) is 56.2 Å². The summed E-state index contributed by atoms with van der Waals surface area (Å²) in [6, 6.07) is 11.4. The molecule has 3 N–H and O–H groups in total. The van der Waals surface area contributed by atoms with Gasteiger partial charge in [0.1, 0.15) is 0 Å². The van der Waals surface area contributed by atoms with Crippen LogP contribution in [0.1, 0.15) is 73.7 Å². The molecule has 3 fully saturated rings. The van der Waals surface area contributed by atoms with Crippen molar-refractivity contribution < 1.29 is 26.7 Å². The number of anilines is 2. The molecule has 3 saturated carbocycles. The number of rotatable bonds is 8. The van der Waals surface area contributed by atoms with E-state index in [2.05, 4.69) is 9.44 Å². The van der Waals surface area contributed by atoms with Gasteiger partial charge in [-0.25, -0.2) is 21.6 Å². The molecule has 2 aromatic rings. The molecule has 1 aliphatic heterocycles. The average molecular weight is 574 g/mol. The molecule has 4 aliphatic rings. The average Bonchev–Trinajstić information content (AvgIpc) is 3.58. The van der Waals surface area contributed by atoms with E-state index >= 15 is 0 Å². The van der Waals surface area contributed by atoms with E-state index in [0.29, 0.717) is 23.2 Å². The third-order valence-electron chi connectivity index (χ3n) is 9.24. The molecular formula is C28H35N3O6S2. The molecule has 2 spiro atoms. The summed E-state index contributed by atoms with van der Waals surface area (Å²) in [5, 5.41) is 9.12. The van der Waals surface area contributed by atoms with Crippen molar-refractivity contribution >= 4 is 37.3 Å². The number of hydrogen-bond donors (Lipinski definition) is 3. The lowest BCUT2D eigenvalue weighted by atomic mass is 9.66. The van der Waals surface area contributed by atoms with Gasteiger partial charge >= 0.3 is 0 Å². The maximum Gasteiger partial charge on any atom is 0.258 e. The highest BCUT2D eigenvalue weighted by atomic mass is 32.2. The van der Waals surface area contributed by atoms with Gasteiger partial charge in [0.2, 0.25) is 20.0 Å². The molecule has 0 aromatic heterocycles. The highest BCUT2D eigenvalue weighted by Gasteiger charge is 2.53. The Kier molecular flexibility index (Phi) is 6.56. The number of benzene rings is 2. The highest BCUT2D eigenvalue weighted by Crippen LogP contribution is 2.62. The van der Waals surface area contributed by atoms with E-state index in [-0.39, 0.29) is 22.3 Å². The van der Waals surface area contributed by atoms with Crippen molar-refractivity contribution in [2.45, 2.75) is 74.1 Å². The summed E-state index contributed by atoms with van der Waals surface area (Å²) in [6.45, 7) is 0.000918. The topological polar surface area (TPSA) is 133 Å². The maximum absolute atomic E-state index is 13.9. The first-order valence-electron chi connectivity index (χ1n) is 13.7. The Bertz CT molecular complexity index is 1500. The fourth-order valence-corrected chi connectivity index (χ4v) is 8.57. The first-order valence-corrected chi connectivity index (χ1v) is 16.9. The van der Waals surface area contributed by atoms with Gasteiger partial charge in [-0.05, 0) is 98.7 Å². The molecule has 11 heteroatoms. The van der Waals surface area contributed by atoms with Crippen molar-refractivity contribution in [3.63, 3.8) is 0 Å². The molecule has 0 saturated heterocycles. The van der Waals surface area contributed by atoms with E-state index in [4.69, 9.17) is 5.11 Å². The van der Waals surface area contributed by atoms with Gasteiger partial charge in [-0.3, -0.25) is 9.52 Å². The number of carbonyl (C=O) groups is 1. The van der Waals surface area contributed by atoms with Crippen LogP contribution in [0.5, 0.6) is 0 Å². The summed E-state index contributed by atoms with van der Waals surface area (Å²) in [4.78, 5) is 15.7. The maximum atomic E-state index is 13.9. The lowest BCUT2D eigenvalue weighted by Crippen LogP contribution is -2.40. The van der Waals surface area contributed by atoms with Gasteiger partial charge in [-0.2, -0.15) is 0 Å². The quantitative estimate of drug-likeness (QED) is 0.443. The lowest BCUT2D eigenvalue weighted by Gasteiger charge is -2.38. The van der Waals surface area contributed by atoms with Gasteiger partial charge in [-0.1, -0.05) is 12.5 Å². The van der Waals surface area contributed by atoms with Crippen LogP contribution in [0.2, 0.25) is 0 Å². The molecule has 1 amide bonds. The third kappa shape index (κ3) is 5.10. The van der Waals surface area contributed by atoms with E-state index < -0.39 is 32.4 Å². The molecule has 6 rings (SSSR count). The Labute approximate surface area is 230 Å². The summed E-state index contributed by atoms with van der Waals surface area (Å²) in [6.07, 6.45) is 9.13. The monoisotopic (exact) mass is 573 g/mol. The molecule has 0 unspecified atom stereocenters. The Morgan fingerprint density at radius 1 is 0.974 bits per heavy atom. The summed E-state index contributed by atoms with van der Waals surface area (Å²) in [5.41, 5.74) is 2.55. The number of hydrogen-bond acceptors (Lipinski definition) is 6. The van der Waals surface area contributed by atoms with E-state index in [1.165, 1.54) is 25.0 Å². The van der Waals surface area contributed by atoms with Crippen molar-refractivity contribution in [2.75, 3.05) is 28.5 Å². The molecule has 1 heterocycles. The van der Waals surface area contributed by atoms with Gasteiger partial charge in [-0.15, -0.1) is 0 Å². The molecule has 0 bridgehead atoms. The van der Waals surface area contributed by atoms with Crippen molar-refractivity contribution in [1.29, 1.82) is 0 Å². The fraction of sp³-hybridized carbons (Fsp3) is 0.536. The molecule has 3 aliphatic carbocycles. The van der Waals surface area contributed by atoms with E-state index in [1.54, 1.807) is 29.2 Å². The van der Waals surface area contributed by atoms with Gasteiger partial charge < -0.3 is 10.0 Å². The number of carbonyl (C=O) groups excluding carboxylic acids is 1. The second-order valence-corrected chi connectivity index (χ2v) is 15.4. The predicted octanol–water partition coefficient (Wildman–Crippen LogP) is 3.50. The van der Waals surface area contributed by atoms with E-state index in [9.17, 15) is 21.6 Å². The van der Waals surface area contributed by atoms with Crippen molar-refractivity contribution in [2.24, 2.45) is 5.41 Å². The molecular weight excluding hydrogens is 538 g/mol. The Balaban J connectivity index is 1.32. The fourth-order valence-electron chi connectivity index (χ4n) is 6.39. The van der Waals surface area contributed by atoms with Gasteiger partial charge in [0.05, 0.1) is 17.3 Å². The normalized spacial score (nSPS) is 21.5. The first kappa shape index (κ1) is 26.7. The zero-order valence-corrected chi connectivity index (χ0v) is 23.5. The number of nitrogens with zero attached hydrogens (tertiary/aromatic N) is 1. The van der Waals surface area contributed by atoms with Crippen LogP contribution in [0.25, 0.3) is 0 Å². The molecule has 39 heavy (non-hydrogen) atoms. The van der Waals surface area contributed by atoms with Crippen LogP contribution >= 0.6 is 0 Å². The van der Waals surface area contributed by atoms with Crippen molar-refractivity contribution in [3.05, 3.63) is 53.6 Å². The Morgan fingerprint density at radius 2 is 1.69 bits per heavy atom. The van der Waals surface area contributed by atoms with Gasteiger partial charge in [0.15, 0.2) is 0 Å². The SMILES string of the molecule is O=C(c1cccc(S(=O)(=O)NC2CCC2)c1)N1CC2(CCC3(CC3)CC2)c2cc(NS(=O)(=O)CCO)ccc21. The molecule has 9 nitrogen and oxygen atoms in total. The van der Waals surface area contributed by atoms with Crippen LogP contribution in [0.3, 0.4) is 0 Å². The lowest BCUT2D eigenvalue weighted by molar-refractivity contribution is 0.0980. The molecule has 0 atom stereocenters. The number of sulfonamides is 2. The smallest absolute Gasteiger partial charge is 0.258 e. The number of amides is 1. The van der Waals surface area contributed by atoms with Crippen LogP contribution < -0.4 is 14.3 Å². The van der Waals surface area contributed by atoms with Crippen molar-refractivity contribution in [3.8, 4) is 0 Å². The largest absolute Gasteiger partial charge is 0.395 e. The van der Waals surface area contributed by atoms with Gasteiger partial charge in [0.25, 0.3) is 5.91 Å². The minimum Gasteiger partial charge on any atom is -0.395 e. The minimum absolute atomic E-state index is 0.0512. The standard InChI is InChI=1S/C28H35N3O6S2/c32-15-16-38(34,35)29-22-7-8-25-24(18-22)28(13-11-27(9-10-27)12-14-28)19-31(25)26(33)20-3-1-6-23(17-20)39(36,37)30-21-4-2-5-21/h1,3,6-8,17-18,21,29-30,32H,2,4-5,9-16,19H2. The Hall–Kier alpha value is -2.47. The molecule has 210 valence electrons. The van der Waals surface area contributed by atoms with Crippen molar-refractivity contribution in [1.82, 2.24) is 4.72 Å². The third-order valence-corrected chi connectivity index (χ3v) is 12.0. The summed E-state index contributed by atoms with van der Waals surface area (Å²) in [5.74, 6) is -0.661. The molecule has 0 radical (unpaired) electrons. The first-order chi connectivity index (χ1) is 18.5. The van der Waals surface area contributed by atoms with Crippen LogP contribution in [0, 0.1) is 5.41 Å². The number of fused-ring (bicyclic) bond motifs is 2. The second kappa shape index (κ2) is 9.57. The summed E-state index contributed by atoms with van der Waals surface area (Å²) >= 11 is 0.